The van der Waals surface area contributed by atoms with Crippen molar-refractivity contribution in [2.45, 2.75) is 50.4 Å². The van der Waals surface area contributed by atoms with E-state index < -0.39 is 36.4 Å². The lowest BCUT2D eigenvalue weighted by atomic mass is 9.96. The summed E-state index contributed by atoms with van der Waals surface area (Å²) in [6, 6.07) is 0. The Hall–Kier alpha value is -2.54. The second-order valence-electron chi connectivity index (χ2n) is 8.21. The second-order valence-corrected chi connectivity index (χ2v) is 9.27. The molecule has 0 unspecified atom stereocenters. The Kier molecular flexibility index (Phi) is 12.7. The first-order valence-electron chi connectivity index (χ1n) is 10.9. The molecule has 1 saturated heterocycles. The van der Waals surface area contributed by atoms with E-state index in [2.05, 4.69) is 40.2 Å². The van der Waals surface area contributed by atoms with Crippen LogP contribution >= 0.6 is 11.8 Å². The average Bonchev–Trinajstić information content (AvgIpc) is 2.73. The van der Waals surface area contributed by atoms with Crippen LogP contribution in [0.4, 0.5) is 0 Å². The van der Waals surface area contributed by atoms with Gasteiger partial charge in [-0.1, -0.05) is 30.8 Å². The fourth-order valence-corrected chi connectivity index (χ4v) is 3.79. The first kappa shape index (κ1) is 29.5. The molecule has 1 aromatic rings. The van der Waals surface area contributed by atoms with Crippen LogP contribution in [0.1, 0.15) is 38.7 Å². The Morgan fingerprint density at radius 2 is 1.53 bits per heavy atom. The number of carboxylic acids is 3. The van der Waals surface area contributed by atoms with Crippen LogP contribution in [0.5, 0.6) is 0 Å². The molecule has 1 aliphatic rings. The summed E-state index contributed by atoms with van der Waals surface area (Å²) >= 11 is 1.73. The van der Waals surface area contributed by atoms with Crippen LogP contribution in [0.15, 0.2) is 29.7 Å². The largest absolute Gasteiger partial charge is 0.481 e. The van der Waals surface area contributed by atoms with Gasteiger partial charge in [0, 0.05) is 63.0 Å². The van der Waals surface area contributed by atoms with E-state index >= 15 is 0 Å². The third-order valence-electron chi connectivity index (χ3n) is 4.77. The molecule has 1 fully saturated rings. The van der Waals surface area contributed by atoms with Crippen molar-refractivity contribution in [2.24, 2.45) is 0 Å². The van der Waals surface area contributed by atoms with E-state index in [1.807, 2.05) is 12.4 Å². The van der Waals surface area contributed by atoms with Gasteiger partial charge < -0.3 is 20.4 Å². The summed E-state index contributed by atoms with van der Waals surface area (Å²) in [6.07, 6.45) is 2.82. The Morgan fingerprint density at radius 3 is 1.94 bits per heavy atom. The molecule has 0 radical (unpaired) electrons. The Morgan fingerprint density at radius 1 is 1.03 bits per heavy atom. The van der Waals surface area contributed by atoms with Crippen molar-refractivity contribution in [3.05, 3.63) is 30.1 Å². The normalized spacial score (nSPS) is 14.7. The lowest BCUT2D eigenvalue weighted by molar-refractivity contribution is -0.170. The molecule has 1 aromatic heterocycles. The zero-order valence-corrected chi connectivity index (χ0v) is 20.5. The van der Waals surface area contributed by atoms with Crippen molar-refractivity contribution in [1.29, 1.82) is 0 Å². The number of hydrogen-bond donors (Lipinski definition) is 4. The summed E-state index contributed by atoms with van der Waals surface area (Å²) < 4.78 is 0. The number of carbonyl (C=O) groups is 3. The van der Waals surface area contributed by atoms with E-state index in [-0.39, 0.29) is 0 Å². The van der Waals surface area contributed by atoms with E-state index in [4.69, 9.17) is 20.4 Å². The van der Waals surface area contributed by atoms with E-state index in [0.29, 0.717) is 0 Å². The lowest BCUT2D eigenvalue weighted by Gasteiger charge is -2.34. The highest BCUT2D eigenvalue weighted by atomic mass is 32.2. The molecule has 190 valence electrons. The van der Waals surface area contributed by atoms with Gasteiger partial charge in [0.15, 0.2) is 10.8 Å². The smallest absolute Gasteiger partial charge is 0.336 e. The highest BCUT2D eigenvalue weighted by molar-refractivity contribution is 7.99. The van der Waals surface area contributed by atoms with Crippen molar-refractivity contribution in [1.82, 2.24) is 19.8 Å². The van der Waals surface area contributed by atoms with Gasteiger partial charge in [0.05, 0.1) is 12.8 Å². The summed E-state index contributed by atoms with van der Waals surface area (Å²) in [5.74, 6) is -3.93. The minimum Gasteiger partial charge on any atom is -0.481 e. The van der Waals surface area contributed by atoms with Gasteiger partial charge in [-0.25, -0.2) is 14.8 Å². The number of aliphatic hydroxyl groups is 1. The van der Waals surface area contributed by atoms with Gasteiger partial charge in [0.25, 0.3) is 0 Å². The average molecular weight is 499 g/mol. The minimum atomic E-state index is -2.74. The number of carboxylic acid groups (broad SMARTS) is 3. The van der Waals surface area contributed by atoms with Gasteiger partial charge >= 0.3 is 17.9 Å². The minimum absolute atomic E-state index is 0.895. The van der Waals surface area contributed by atoms with Crippen LogP contribution in [0.25, 0.3) is 0 Å². The number of rotatable bonds is 12. The molecular formula is C22H34N4O7S. The molecule has 2 rings (SSSR count). The molecule has 0 atom stereocenters. The maximum absolute atomic E-state index is 10.3. The standard InChI is InChI=1S/C16H26N4S.C6H8O7/c1-4-9-21-16-17-10-15(11-18-16)13-20-7-5-19(6-8-20)12-14(2)3;7-3(8)1-6(13,5(11)12)2-4(9)10/h10-11H,2,4-9,12-13H2,1,3H3;13H,1-2H2,(H,7,8)(H,9,10)(H,11,12). The molecular weight excluding hydrogens is 464 g/mol. The fraction of sp³-hybridized carbons (Fsp3) is 0.591. The summed E-state index contributed by atoms with van der Waals surface area (Å²) in [6.45, 7) is 14.7. The molecule has 1 aliphatic heterocycles. The quantitative estimate of drug-likeness (QED) is 0.186. The van der Waals surface area contributed by atoms with Crippen LogP contribution in [-0.4, -0.2) is 102 Å². The maximum atomic E-state index is 10.3. The van der Waals surface area contributed by atoms with Crippen LogP contribution in [0.3, 0.4) is 0 Å². The van der Waals surface area contributed by atoms with Gasteiger partial charge in [0.1, 0.15) is 0 Å². The summed E-state index contributed by atoms with van der Waals surface area (Å²) in [7, 11) is 0. The van der Waals surface area contributed by atoms with Crippen LogP contribution in [0, 0.1) is 0 Å². The highest BCUT2D eigenvalue weighted by Gasteiger charge is 2.40. The van der Waals surface area contributed by atoms with Gasteiger partial charge in [-0.15, -0.1) is 0 Å². The van der Waals surface area contributed by atoms with Gasteiger partial charge in [-0.2, -0.15) is 0 Å². The van der Waals surface area contributed by atoms with Crippen molar-refractivity contribution in [3.63, 3.8) is 0 Å². The Bertz CT molecular complexity index is 811. The molecule has 2 heterocycles. The highest BCUT2D eigenvalue weighted by Crippen LogP contribution is 2.16. The van der Waals surface area contributed by atoms with Crippen molar-refractivity contribution >= 4 is 29.7 Å². The van der Waals surface area contributed by atoms with E-state index in [1.54, 1.807) is 11.8 Å². The van der Waals surface area contributed by atoms with Crippen molar-refractivity contribution in [3.8, 4) is 0 Å². The Balaban J connectivity index is 0.000000385. The molecule has 34 heavy (non-hydrogen) atoms. The molecule has 0 aliphatic carbocycles. The summed E-state index contributed by atoms with van der Waals surface area (Å²) in [5, 5.41) is 34.7. The van der Waals surface area contributed by atoms with Gasteiger partial charge in [-0.05, 0) is 13.3 Å². The van der Waals surface area contributed by atoms with E-state index in [1.165, 1.54) is 11.1 Å². The topological polar surface area (TPSA) is 164 Å². The van der Waals surface area contributed by atoms with Crippen LogP contribution in [-0.2, 0) is 20.9 Å². The second kappa shape index (κ2) is 14.7. The molecule has 0 bridgehead atoms. The summed E-state index contributed by atoms with van der Waals surface area (Å²) in [4.78, 5) is 44.3. The number of aliphatic carboxylic acids is 3. The maximum Gasteiger partial charge on any atom is 0.336 e. The number of thioether (sulfide) groups is 1. The molecule has 12 heteroatoms. The zero-order chi connectivity index (χ0) is 25.7. The molecule has 0 aromatic carbocycles. The molecule has 4 N–H and O–H groups in total. The van der Waals surface area contributed by atoms with Crippen molar-refractivity contribution < 1.29 is 34.8 Å². The van der Waals surface area contributed by atoms with E-state index in [9.17, 15) is 14.4 Å². The monoisotopic (exact) mass is 498 g/mol. The van der Waals surface area contributed by atoms with Gasteiger partial charge in [-0.3, -0.25) is 19.4 Å². The number of nitrogens with zero attached hydrogens (tertiary/aromatic N) is 4. The Labute approximate surface area is 203 Å². The number of aromatic nitrogens is 2. The van der Waals surface area contributed by atoms with E-state index in [0.717, 1.165) is 56.6 Å². The third kappa shape index (κ3) is 11.5. The van der Waals surface area contributed by atoms with Crippen molar-refractivity contribution in [2.75, 3.05) is 38.5 Å². The third-order valence-corrected chi connectivity index (χ3v) is 5.85. The fourth-order valence-electron chi connectivity index (χ4n) is 3.15. The summed E-state index contributed by atoms with van der Waals surface area (Å²) in [5.41, 5.74) is -0.279. The number of piperazine rings is 1. The van der Waals surface area contributed by atoms with Crippen LogP contribution < -0.4 is 0 Å². The molecule has 0 saturated carbocycles. The van der Waals surface area contributed by atoms with Gasteiger partial charge in [0.2, 0.25) is 0 Å². The number of hydrogen-bond acceptors (Lipinski definition) is 9. The molecule has 0 spiro atoms. The lowest BCUT2D eigenvalue weighted by Crippen LogP contribution is -2.46. The first-order valence-corrected chi connectivity index (χ1v) is 11.9. The zero-order valence-electron chi connectivity index (χ0n) is 19.6. The molecule has 11 nitrogen and oxygen atoms in total. The SMILES string of the molecule is C=C(C)CN1CCN(Cc2cnc(SCCC)nc2)CC1.O=C(O)CC(O)(CC(=O)O)C(=O)O. The molecule has 0 amide bonds. The van der Waals surface area contributed by atoms with Crippen LogP contribution in [0.2, 0.25) is 0 Å². The predicted molar refractivity (Wildman–Crippen MR) is 127 cm³/mol. The first-order chi connectivity index (χ1) is 15.9. The predicted octanol–water partition coefficient (Wildman–Crippen LogP) is 1.42.